The molecule has 11 heteroatoms. The fourth-order valence-electron chi connectivity index (χ4n) is 8.66. The second-order valence-electron chi connectivity index (χ2n) is 15.6. The van der Waals surface area contributed by atoms with Gasteiger partial charge in [-0.1, -0.05) is 157 Å². The van der Waals surface area contributed by atoms with Crippen LogP contribution >= 0.6 is 0 Å². The first-order chi connectivity index (χ1) is 32.1. The van der Waals surface area contributed by atoms with Crippen molar-refractivity contribution >= 4 is 53.7 Å². The molecule has 66 heavy (non-hydrogen) atoms. The summed E-state index contributed by atoms with van der Waals surface area (Å²) in [4.78, 5) is 10.1. The molecule has 11 aromatic rings. The molecule has 0 aliphatic rings. The molecule has 0 radical (unpaired) electrons. The Morgan fingerprint density at radius 3 is 1.61 bits per heavy atom. The van der Waals surface area contributed by atoms with Gasteiger partial charge >= 0.3 is 15.6 Å². The lowest BCUT2D eigenvalue weighted by Gasteiger charge is -2.16. The molecule has 8 aromatic carbocycles. The van der Waals surface area contributed by atoms with E-state index >= 15 is 0 Å². The minimum absolute atomic E-state index is 0.0554. The molecule has 3 heterocycles. The quantitative estimate of drug-likeness (QED) is 0.0905. The van der Waals surface area contributed by atoms with Crippen molar-refractivity contribution in [3.05, 3.63) is 211 Å². The molecule has 0 unspecified atom stereocenters. The van der Waals surface area contributed by atoms with Crippen LogP contribution in [-0.4, -0.2) is 33.0 Å². The van der Waals surface area contributed by atoms with Gasteiger partial charge in [0.15, 0.2) is 5.75 Å². The van der Waals surface area contributed by atoms with Gasteiger partial charge in [0.25, 0.3) is 0 Å². The third kappa shape index (κ3) is 7.01. The monoisotopic (exact) mass is 886 g/mol. The molecule has 0 bridgehead atoms. The molecule has 0 saturated heterocycles. The van der Waals surface area contributed by atoms with Crippen LogP contribution in [0.15, 0.2) is 200 Å². The topological polar surface area (TPSA) is 79.0 Å². The maximum absolute atomic E-state index is 14.4. The van der Waals surface area contributed by atoms with E-state index in [1.54, 1.807) is 28.8 Å². The fourth-order valence-corrected chi connectivity index (χ4v) is 9.12. The number of para-hydroxylation sites is 3. The number of aromatic nitrogens is 4. The Morgan fingerprint density at radius 1 is 0.485 bits per heavy atom. The van der Waals surface area contributed by atoms with Crippen molar-refractivity contribution in [1.82, 2.24) is 19.1 Å². The van der Waals surface area contributed by atoms with E-state index in [-0.39, 0.29) is 11.5 Å². The van der Waals surface area contributed by atoms with Crippen molar-refractivity contribution in [3.8, 4) is 62.9 Å². The Balaban J connectivity index is 1.21. The van der Waals surface area contributed by atoms with Gasteiger partial charge < -0.3 is 8.75 Å². The zero-order valence-electron chi connectivity index (χ0n) is 34.6. The number of benzene rings is 8. The van der Waals surface area contributed by atoms with Gasteiger partial charge in [-0.2, -0.15) is 21.6 Å². The minimum Gasteiger partial charge on any atom is -0.375 e. The number of hydrogen-bond donors (Lipinski definition) is 0. The highest BCUT2D eigenvalue weighted by atomic mass is 32.2. The Hall–Kier alpha value is -8.46. The van der Waals surface area contributed by atoms with Gasteiger partial charge in [-0.25, -0.2) is 9.97 Å². The van der Waals surface area contributed by atoms with Crippen LogP contribution in [0.4, 0.5) is 13.2 Å². The molecular formula is C55H33F3N4O3S. The molecule has 0 atom stereocenters. The second kappa shape index (κ2) is 16.0. The van der Waals surface area contributed by atoms with Crippen LogP contribution in [0, 0.1) is 11.8 Å². The summed E-state index contributed by atoms with van der Waals surface area (Å²) in [6, 6.07) is 62.5. The number of fused-ring (bicyclic) bond motifs is 6. The number of halogens is 3. The Bertz CT molecular complexity index is 3790. The Labute approximate surface area is 376 Å². The summed E-state index contributed by atoms with van der Waals surface area (Å²) in [7, 11) is -6.20. The molecular weight excluding hydrogens is 854 g/mol. The summed E-state index contributed by atoms with van der Waals surface area (Å²) in [5.41, 5.74) is 2.29. The molecule has 11 rings (SSSR count). The molecule has 0 amide bonds. The molecule has 0 fully saturated rings. The van der Waals surface area contributed by atoms with Gasteiger partial charge in [0.1, 0.15) is 0 Å². The van der Waals surface area contributed by atoms with Gasteiger partial charge in [0.2, 0.25) is 5.95 Å². The van der Waals surface area contributed by atoms with Gasteiger partial charge in [-0.3, -0.25) is 4.57 Å². The van der Waals surface area contributed by atoms with Crippen LogP contribution in [0.1, 0.15) is 11.1 Å². The molecule has 3 aromatic heterocycles. The molecule has 0 spiro atoms. The fraction of sp³-hybridized carbons (Fsp3) is 0.0182. The summed E-state index contributed by atoms with van der Waals surface area (Å²) >= 11 is 0. The Morgan fingerprint density at radius 2 is 1.00 bits per heavy atom. The molecule has 318 valence electrons. The number of nitrogens with zero attached hydrogens (tertiary/aromatic N) is 4. The molecule has 0 saturated carbocycles. The van der Waals surface area contributed by atoms with Gasteiger partial charge in [-0.15, -0.1) is 0 Å². The lowest BCUT2D eigenvalue weighted by atomic mass is 9.93. The molecule has 7 nitrogen and oxygen atoms in total. The Kier molecular flexibility index (Phi) is 9.75. The lowest BCUT2D eigenvalue weighted by Crippen LogP contribution is -2.28. The summed E-state index contributed by atoms with van der Waals surface area (Å²) in [6.45, 7) is 0. The maximum Gasteiger partial charge on any atom is 0.534 e. The van der Waals surface area contributed by atoms with Crippen LogP contribution < -0.4 is 4.18 Å². The summed E-state index contributed by atoms with van der Waals surface area (Å²) in [5, 5.41) is 3.17. The highest BCUT2D eigenvalue weighted by Crippen LogP contribution is 2.45. The smallest absolute Gasteiger partial charge is 0.375 e. The molecule has 0 aliphatic heterocycles. The highest BCUT2D eigenvalue weighted by molar-refractivity contribution is 7.88. The summed E-state index contributed by atoms with van der Waals surface area (Å²) in [6.07, 6.45) is 0. The van der Waals surface area contributed by atoms with E-state index < -0.39 is 21.4 Å². The molecule has 0 N–H and O–H groups in total. The van der Waals surface area contributed by atoms with Gasteiger partial charge in [-0.05, 0) is 54.1 Å². The maximum atomic E-state index is 14.4. The first kappa shape index (κ1) is 40.3. The summed E-state index contributed by atoms with van der Waals surface area (Å²) < 4.78 is 78.5. The minimum atomic E-state index is -6.20. The SMILES string of the molecule is O=S(=O)(Oc1cc2c(c(-c3ccccc3)c1C#Cc1ccc3c(c1)c1ccccc1n3-c1ccccc1)c1ccccc1n2-c1nc(-c2ccccc2)cc(-c2ccccc2)n1)C(F)(F)F. The van der Waals surface area contributed by atoms with E-state index in [9.17, 15) is 21.6 Å². The first-order valence-electron chi connectivity index (χ1n) is 20.9. The average Bonchev–Trinajstić information content (AvgIpc) is 3.86. The molecule has 0 aliphatic carbocycles. The predicted molar refractivity (Wildman–Crippen MR) is 255 cm³/mol. The van der Waals surface area contributed by atoms with Gasteiger partial charge in [0, 0.05) is 55.6 Å². The zero-order valence-corrected chi connectivity index (χ0v) is 35.4. The zero-order chi connectivity index (χ0) is 45.0. The van der Waals surface area contributed by atoms with Crippen molar-refractivity contribution in [3.63, 3.8) is 0 Å². The van der Waals surface area contributed by atoms with E-state index in [0.29, 0.717) is 49.9 Å². The van der Waals surface area contributed by atoms with Crippen molar-refractivity contribution in [2.24, 2.45) is 0 Å². The average molecular weight is 887 g/mol. The standard InChI is InChI=1S/C55H33F3N4O3S/c56-55(57,58)66(63,64)65-51-35-50-53(42-26-14-16-28-48(42)62(50)54-59-45(37-17-5-1-6-18-37)34-46(60-54)38-19-7-2-8-20-38)52(39-21-9-3-10-22-39)43(51)31-29-36-30-32-49-44(33-36)41-25-13-15-27-47(41)61(49)40-23-11-4-12-24-40/h1-28,30,32-35H. The largest absolute Gasteiger partial charge is 0.534 e. The normalized spacial score (nSPS) is 11.9. The number of alkyl halides is 3. The van der Waals surface area contributed by atoms with E-state index in [1.165, 1.54) is 6.07 Å². The number of rotatable bonds is 7. The van der Waals surface area contributed by atoms with Crippen LogP contribution in [0.25, 0.3) is 88.9 Å². The first-order valence-corrected chi connectivity index (χ1v) is 22.3. The van der Waals surface area contributed by atoms with E-state index in [2.05, 4.69) is 16.4 Å². The van der Waals surface area contributed by atoms with Crippen LogP contribution in [-0.2, 0) is 10.1 Å². The summed E-state index contributed by atoms with van der Waals surface area (Å²) in [5.74, 6) is 5.92. The van der Waals surface area contributed by atoms with E-state index in [1.807, 2.05) is 170 Å². The lowest BCUT2D eigenvalue weighted by molar-refractivity contribution is -0.0500. The van der Waals surface area contributed by atoms with Crippen molar-refractivity contribution in [2.75, 3.05) is 0 Å². The van der Waals surface area contributed by atoms with Crippen LogP contribution in [0.5, 0.6) is 5.75 Å². The highest BCUT2D eigenvalue weighted by Gasteiger charge is 2.49. The van der Waals surface area contributed by atoms with E-state index in [4.69, 9.17) is 14.2 Å². The van der Waals surface area contributed by atoms with E-state index in [0.717, 1.165) is 38.6 Å². The van der Waals surface area contributed by atoms with Gasteiger partial charge in [0.05, 0.1) is 39.0 Å². The van der Waals surface area contributed by atoms with Crippen LogP contribution in [0.2, 0.25) is 0 Å². The number of hydrogen-bond acceptors (Lipinski definition) is 5. The van der Waals surface area contributed by atoms with Crippen molar-refractivity contribution in [1.29, 1.82) is 0 Å². The van der Waals surface area contributed by atoms with Crippen molar-refractivity contribution in [2.45, 2.75) is 5.51 Å². The third-order valence-corrected chi connectivity index (χ3v) is 12.5. The van der Waals surface area contributed by atoms with Crippen molar-refractivity contribution < 1.29 is 25.8 Å². The predicted octanol–water partition coefficient (Wildman–Crippen LogP) is 13.3. The second-order valence-corrected chi connectivity index (χ2v) is 17.1. The van der Waals surface area contributed by atoms with Crippen LogP contribution in [0.3, 0.4) is 0 Å². The third-order valence-electron chi connectivity index (χ3n) is 11.5.